The largest absolute Gasteiger partial charge is 0.394 e. The third kappa shape index (κ3) is 25.5. The highest BCUT2D eigenvalue weighted by molar-refractivity contribution is 5.76. The Kier molecular flexibility index (Phi) is 36.4. The van der Waals surface area contributed by atoms with Crippen LogP contribution < -0.4 is 5.32 Å². The Labute approximate surface area is 457 Å². The maximum absolute atomic E-state index is 13.3. The summed E-state index contributed by atoms with van der Waals surface area (Å²) < 4.78 is 34.1. The van der Waals surface area contributed by atoms with Gasteiger partial charge in [-0.05, 0) is 77.0 Å². The summed E-state index contributed by atoms with van der Waals surface area (Å²) in [4.78, 5) is 13.3. The molecule has 0 aromatic carbocycles. The maximum atomic E-state index is 13.3. The molecular weight excluding hydrogens is 999 g/mol. The molecule has 3 aliphatic rings. The molecule has 0 aliphatic carbocycles. The molecule has 0 spiro atoms. The normalized spacial score (nSPS) is 31.4. The van der Waals surface area contributed by atoms with Crippen LogP contribution in [0, 0.1) is 0 Å². The Bertz CT molecular complexity index is 1740. The predicted molar refractivity (Wildman–Crippen MR) is 291 cm³/mol. The van der Waals surface area contributed by atoms with E-state index in [2.05, 4.69) is 92.1 Å². The van der Waals surface area contributed by atoms with Crippen molar-refractivity contribution in [2.45, 2.75) is 247 Å². The summed E-state index contributed by atoms with van der Waals surface area (Å²) in [5.41, 5.74) is 0. The molecule has 17 unspecified atom stereocenters. The molecular formula is C58H97NO18. The van der Waals surface area contributed by atoms with Crippen LogP contribution in [0.1, 0.15) is 142 Å². The Balaban J connectivity index is 1.52. The minimum Gasteiger partial charge on any atom is -0.394 e. The van der Waals surface area contributed by atoms with Gasteiger partial charge in [-0.3, -0.25) is 4.79 Å². The van der Waals surface area contributed by atoms with Crippen LogP contribution in [0.3, 0.4) is 0 Å². The maximum Gasteiger partial charge on any atom is 0.220 e. The van der Waals surface area contributed by atoms with Crippen LogP contribution in [0.25, 0.3) is 0 Å². The van der Waals surface area contributed by atoms with Crippen LogP contribution >= 0.6 is 0 Å². The molecule has 0 saturated carbocycles. The van der Waals surface area contributed by atoms with E-state index in [1.807, 2.05) is 6.08 Å². The quantitative estimate of drug-likeness (QED) is 0.0305. The van der Waals surface area contributed by atoms with E-state index in [9.17, 15) is 61.0 Å². The van der Waals surface area contributed by atoms with Gasteiger partial charge in [-0.2, -0.15) is 0 Å². The molecule has 0 bridgehead atoms. The highest BCUT2D eigenvalue weighted by Gasteiger charge is 2.53. The van der Waals surface area contributed by atoms with E-state index in [0.29, 0.717) is 12.8 Å². The van der Waals surface area contributed by atoms with Gasteiger partial charge in [0.15, 0.2) is 18.9 Å². The van der Waals surface area contributed by atoms with E-state index < -0.39 is 124 Å². The number of carbonyl (C=O) groups is 1. The predicted octanol–water partition coefficient (Wildman–Crippen LogP) is 4.03. The molecule has 12 N–H and O–H groups in total. The van der Waals surface area contributed by atoms with Crippen molar-refractivity contribution in [2.24, 2.45) is 0 Å². The van der Waals surface area contributed by atoms with Gasteiger partial charge in [0.1, 0.15) is 73.2 Å². The minimum absolute atomic E-state index is 0.208. The molecule has 3 heterocycles. The summed E-state index contributed by atoms with van der Waals surface area (Å²) in [7, 11) is 0. The number of allylic oxidation sites excluding steroid dienone is 13. The van der Waals surface area contributed by atoms with Gasteiger partial charge in [-0.1, -0.05) is 144 Å². The minimum atomic E-state index is -1.99. The monoisotopic (exact) mass is 1100 g/mol. The van der Waals surface area contributed by atoms with Crippen LogP contribution in [-0.2, 0) is 33.2 Å². The number of hydrogen-bond acceptors (Lipinski definition) is 18. The molecule has 17 atom stereocenters. The lowest BCUT2D eigenvalue weighted by atomic mass is 9.96. The van der Waals surface area contributed by atoms with Gasteiger partial charge in [0, 0.05) is 6.42 Å². The summed E-state index contributed by atoms with van der Waals surface area (Å²) in [6, 6.07) is -1.00. The van der Waals surface area contributed by atoms with E-state index in [1.165, 1.54) is 25.7 Å². The van der Waals surface area contributed by atoms with Crippen LogP contribution in [0.2, 0.25) is 0 Å². The van der Waals surface area contributed by atoms with E-state index >= 15 is 0 Å². The first-order valence-corrected chi connectivity index (χ1v) is 28.3. The molecule has 0 aromatic heterocycles. The van der Waals surface area contributed by atoms with Gasteiger partial charge in [0.05, 0.1) is 38.6 Å². The number of ether oxygens (including phenoxy) is 6. The van der Waals surface area contributed by atoms with E-state index in [-0.39, 0.29) is 18.9 Å². The standard InChI is InChI=1S/C58H97NO18/c1-3-5-7-9-11-13-15-16-17-18-19-20-21-22-23-24-26-28-30-32-34-36-46(64)59-41(42(63)35-33-31-29-27-25-14-12-10-8-6-4-2)40-72-56-52(70)49(67)54(44(38-61)74-56)77-58-53(71)50(68)55(45(39-62)75-58)76-57-51(69)48(66)47(65)43(37-60)73-57/h5,7,11,13,16-17,19-20,22-23,25,27,33,35,41-45,47-58,60-63,65-71H,3-4,6,8-10,12,14-15,18,21,24,26,28-32,34,36-40H2,1-2H3,(H,59,64)/b7-5-,13-11-,17-16-,20-19-,23-22-,27-25+,35-33+. The molecule has 77 heavy (non-hydrogen) atoms. The molecule has 3 fully saturated rings. The Morgan fingerprint density at radius 3 is 1.45 bits per heavy atom. The third-order valence-electron chi connectivity index (χ3n) is 13.7. The molecule has 19 heteroatoms. The fourth-order valence-electron chi connectivity index (χ4n) is 8.99. The van der Waals surface area contributed by atoms with Gasteiger partial charge < -0.3 is 89.9 Å². The Morgan fingerprint density at radius 1 is 0.481 bits per heavy atom. The summed E-state index contributed by atoms with van der Waals surface area (Å²) in [6.45, 7) is 1.50. The summed E-state index contributed by atoms with van der Waals surface area (Å²) in [5.74, 6) is -0.311. The van der Waals surface area contributed by atoms with Crippen LogP contribution in [-0.4, -0.2) is 193 Å². The third-order valence-corrected chi connectivity index (χ3v) is 13.7. The van der Waals surface area contributed by atoms with Crippen LogP contribution in [0.4, 0.5) is 0 Å². The number of aliphatic hydroxyl groups excluding tert-OH is 11. The zero-order valence-corrected chi connectivity index (χ0v) is 45.6. The second-order valence-corrected chi connectivity index (χ2v) is 20.0. The Morgan fingerprint density at radius 2 is 0.909 bits per heavy atom. The average Bonchev–Trinajstić information content (AvgIpc) is 3.44. The molecule has 1 amide bonds. The van der Waals surface area contributed by atoms with E-state index in [4.69, 9.17) is 28.4 Å². The number of nitrogens with one attached hydrogen (secondary N) is 1. The first-order chi connectivity index (χ1) is 37.3. The second-order valence-electron chi connectivity index (χ2n) is 20.0. The first-order valence-electron chi connectivity index (χ1n) is 28.3. The zero-order valence-electron chi connectivity index (χ0n) is 45.6. The number of aliphatic hydroxyl groups is 11. The van der Waals surface area contributed by atoms with Gasteiger partial charge in [0.25, 0.3) is 0 Å². The first kappa shape index (κ1) is 68.2. The number of amides is 1. The highest BCUT2D eigenvalue weighted by Crippen LogP contribution is 2.33. The van der Waals surface area contributed by atoms with Crippen molar-refractivity contribution in [3.05, 3.63) is 85.1 Å². The lowest BCUT2D eigenvalue weighted by molar-refractivity contribution is -0.379. The molecule has 3 rings (SSSR count). The molecule has 19 nitrogen and oxygen atoms in total. The summed E-state index contributed by atoms with van der Waals surface area (Å²) >= 11 is 0. The molecule has 3 aliphatic heterocycles. The fraction of sp³-hybridized carbons (Fsp3) is 0.741. The average molecular weight is 1100 g/mol. The van der Waals surface area contributed by atoms with Crippen molar-refractivity contribution in [3.8, 4) is 0 Å². The molecule has 0 aromatic rings. The molecule has 3 saturated heterocycles. The van der Waals surface area contributed by atoms with Gasteiger partial charge >= 0.3 is 0 Å². The number of unbranched alkanes of at least 4 members (excludes halogenated alkanes) is 11. The van der Waals surface area contributed by atoms with Crippen molar-refractivity contribution in [1.29, 1.82) is 0 Å². The fourth-order valence-corrected chi connectivity index (χ4v) is 8.99. The van der Waals surface area contributed by atoms with Crippen molar-refractivity contribution in [1.82, 2.24) is 5.32 Å². The van der Waals surface area contributed by atoms with Crippen molar-refractivity contribution >= 4 is 5.91 Å². The van der Waals surface area contributed by atoms with E-state index in [0.717, 1.165) is 83.5 Å². The molecule has 0 radical (unpaired) electrons. The highest BCUT2D eigenvalue weighted by atomic mass is 16.8. The number of hydrogen-bond donors (Lipinski definition) is 12. The van der Waals surface area contributed by atoms with Crippen LogP contribution in [0.5, 0.6) is 0 Å². The van der Waals surface area contributed by atoms with Crippen LogP contribution in [0.15, 0.2) is 85.1 Å². The topological polar surface area (TPSA) is 307 Å². The molecule has 442 valence electrons. The summed E-state index contributed by atoms with van der Waals surface area (Å²) in [5, 5.41) is 120. The second kappa shape index (κ2) is 41.0. The smallest absolute Gasteiger partial charge is 0.220 e. The number of rotatable bonds is 39. The van der Waals surface area contributed by atoms with Gasteiger partial charge in [0.2, 0.25) is 5.91 Å². The SMILES string of the molecule is CC/C=C\C/C=C\C/C=C\C/C=C\C/C=C\CCCCCCCC(=O)NC(COC1OC(CO)C(OC2OC(CO)C(OC3OC(CO)C(O)C(O)C3O)C(O)C2O)C(O)C1O)C(O)/C=C/CC/C=C/CCCCCCC. The lowest BCUT2D eigenvalue weighted by Crippen LogP contribution is -2.66. The number of carbonyl (C=O) groups excluding carboxylic acids is 1. The van der Waals surface area contributed by atoms with Crippen molar-refractivity contribution in [3.63, 3.8) is 0 Å². The van der Waals surface area contributed by atoms with E-state index in [1.54, 1.807) is 6.08 Å². The van der Waals surface area contributed by atoms with Crippen molar-refractivity contribution in [2.75, 3.05) is 26.4 Å². The van der Waals surface area contributed by atoms with Gasteiger partial charge in [-0.25, -0.2) is 0 Å². The zero-order chi connectivity index (χ0) is 56.2. The lowest BCUT2D eigenvalue weighted by Gasteiger charge is -2.48. The Hall–Kier alpha value is -3.03. The summed E-state index contributed by atoms with van der Waals surface area (Å²) in [6.07, 6.45) is 21.5. The van der Waals surface area contributed by atoms with Gasteiger partial charge in [-0.15, -0.1) is 0 Å². The van der Waals surface area contributed by atoms with Crippen molar-refractivity contribution < 1.29 is 89.4 Å².